The van der Waals surface area contributed by atoms with Crippen LogP contribution in [0.15, 0.2) is 36.5 Å². The van der Waals surface area contributed by atoms with E-state index in [-0.39, 0.29) is 12.6 Å². The topological polar surface area (TPSA) is 70.5 Å². The van der Waals surface area contributed by atoms with Crippen molar-refractivity contribution in [2.24, 2.45) is 0 Å². The summed E-state index contributed by atoms with van der Waals surface area (Å²) in [5.41, 5.74) is 5.16. The fraction of sp³-hybridized carbons (Fsp3) is 0.417. The lowest BCUT2D eigenvalue weighted by Crippen LogP contribution is -2.23. The SMILES string of the molecule is CCOc1ccc(CN2CCC[C@@H]2c2cc(Nc3ncc(C)s3)cc(C)n2)cc1CO. The number of anilines is 2. The molecule has 1 fully saturated rings. The van der Waals surface area contributed by atoms with Gasteiger partial charge in [-0.15, -0.1) is 11.3 Å². The van der Waals surface area contributed by atoms with Gasteiger partial charge < -0.3 is 15.2 Å². The number of benzene rings is 1. The maximum Gasteiger partial charge on any atom is 0.187 e. The van der Waals surface area contributed by atoms with E-state index >= 15 is 0 Å². The van der Waals surface area contributed by atoms with E-state index in [1.54, 1.807) is 11.3 Å². The summed E-state index contributed by atoms with van der Waals surface area (Å²) in [7, 11) is 0. The number of aryl methyl sites for hydroxylation is 2. The molecular weight excluding hydrogens is 408 g/mol. The number of aromatic nitrogens is 2. The lowest BCUT2D eigenvalue weighted by molar-refractivity contribution is 0.242. The number of aliphatic hydroxyl groups is 1. The largest absolute Gasteiger partial charge is 0.494 e. The fourth-order valence-corrected chi connectivity index (χ4v) is 4.89. The van der Waals surface area contributed by atoms with Crippen molar-refractivity contribution in [3.63, 3.8) is 0 Å². The van der Waals surface area contributed by atoms with Gasteiger partial charge in [0.05, 0.1) is 24.9 Å². The van der Waals surface area contributed by atoms with E-state index in [0.29, 0.717) is 6.61 Å². The quantitative estimate of drug-likeness (QED) is 0.508. The maximum atomic E-state index is 9.73. The third-order valence-corrected chi connectivity index (χ3v) is 6.36. The molecule has 3 aromatic rings. The summed E-state index contributed by atoms with van der Waals surface area (Å²) >= 11 is 1.65. The van der Waals surface area contributed by atoms with E-state index < -0.39 is 0 Å². The highest BCUT2D eigenvalue weighted by Gasteiger charge is 2.28. The molecule has 0 unspecified atom stereocenters. The molecule has 4 rings (SSSR count). The second-order valence-electron chi connectivity index (χ2n) is 7.98. The van der Waals surface area contributed by atoms with Gasteiger partial charge in [0.15, 0.2) is 5.13 Å². The van der Waals surface area contributed by atoms with Crippen LogP contribution in [-0.4, -0.2) is 33.1 Å². The van der Waals surface area contributed by atoms with Crippen molar-refractivity contribution in [1.82, 2.24) is 14.9 Å². The van der Waals surface area contributed by atoms with Crippen LogP contribution in [0.1, 0.15) is 53.2 Å². The van der Waals surface area contributed by atoms with Crippen molar-refractivity contribution in [2.45, 2.75) is 52.8 Å². The first-order valence-electron chi connectivity index (χ1n) is 10.8. The van der Waals surface area contributed by atoms with Crippen LogP contribution in [0.3, 0.4) is 0 Å². The van der Waals surface area contributed by atoms with Crippen LogP contribution in [0.2, 0.25) is 0 Å². The summed E-state index contributed by atoms with van der Waals surface area (Å²) in [5, 5.41) is 14.1. The Balaban J connectivity index is 1.53. The third-order valence-electron chi connectivity index (χ3n) is 5.53. The number of ether oxygens (including phenoxy) is 1. The first-order valence-corrected chi connectivity index (χ1v) is 11.6. The molecule has 0 aliphatic carbocycles. The lowest BCUT2D eigenvalue weighted by Gasteiger charge is -2.25. The molecular formula is C24H30N4O2S. The number of aliphatic hydroxyl groups excluding tert-OH is 1. The molecule has 164 valence electrons. The number of pyridine rings is 1. The molecule has 1 atom stereocenters. The molecule has 0 radical (unpaired) electrons. The fourth-order valence-electron chi connectivity index (χ4n) is 4.21. The lowest BCUT2D eigenvalue weighted by atomic mass is 10.1. The van der Waals surface area contributed by atoms with Crippen LogP contribution in [0.25, 0.3) is 0 Å². The van der Waals surface area contributed by atoms with E-state index in [0.717, 1.165) is 59.5 Å². The van der Waals surface area contributed by atoms with Gasteiger partial charge in [0.2, 0.25) is 0 Å². The highest BCUT2D eigenvalue weighted by atomic mass is 32.1. The molecule has 31 heavy (non-hydrogen) atoms. The van der Waals surface area contributed by atoms with Crippen molar-refractivity contribution >= 4 is 22.2 Å². The molecule has 1 aliphatic rings. The third kappa shape index (κ3) is 5.23. The normalized spacial score (nSPS) is 16.6. The second-order valence-corrected chi connectivity index (χ2v) is 9.22. The zero-order chi connectivity index (χ0) is 21.8. The Bertz CT molecular complexity index is 1040. The molecule has 7 heteroatoms. The summed E-state index contributed by atoms with van der Waals surface area (Å²) < 4.78 is 5.63. The number of hydrogen-bond acceptors (Lipinski definition) is 7. The van der Waals surface area contributed by atoms with Crippen LogP contribution >= 0.6 is 11.3 Å². The van der Waals surface area contributed by atoms with Gasteiger partial charge >= 0.3 is 0 Å². The van der Waals surface area contributed by atoms with Gasteiger partial charge in [-0.2, -0.15) is 0 Å². The Morgan fingerprint density at radius 2 is 2.13 bits per heavy atom. The van der Waals surface area contributed by atoms with Crippen molar-refractivity contribution < 1.29 is 9.84 Å². The molecule has 1 saturated heterocycles. The van der Waals surface area contributed by atoms with E-state index in [1.807, 2.05) is 26.1 Å². The minimum Gasteiger partial charge on any atom is -0.494 e. The molecule has 3 heterocycles. The number of nitrogens with one attached hydrogen (secondary N) is 1. The summed E-state index contributed by atoms with van der Waals surface area (Å²) in [5.74, 6) is 0.764. The van der Waals surface area contributed by atoms with Gasteiger partial charge in [-0.1, -0.05) is 6.07 Å². The highest BCUT2D eigenvalue weighted by molar-refractivity contribution is 7.15. The summed E-state index contributed by atoms with van der Waals surface area (Å²) in [6.45, 7) is 8.50. The van der Waals surface area contributed by atoms with Crippen LogP contribution in [0.4, 0.5) is 10.8 Å². The predicted molar refractivity (Wildman–Crippen MR) is 125 cm³/mol. The Hall–Kier alpha value is -2.48. The van der Waals surface area contributed by atoms with E-state index in [1.165, 1.54) is 10.4 Å². The minimum absolute atomic E-state index is 0.0166. The van der Waals surface area contributed by atoms with Gasteiger partial charge in [-0.3, -0.25) is 9.88 Å². The van der Waals surface area contributed by atoms with Crippen molar-refractivity contribution in [1.29, 1.82) is 0 Å². The van der Waals surface area contributed by atoms with Crippen molar-refractivity contribution in [2.75, 3.05) is 18.5 Å². The average molecular weight is 439 g/mol. The second kappa shape index (κ2) is 9.77. The van der Waals surface area contributed by atoms with Crippen LogP contribution in [0, 0.1) is 13.8 Å². The maximum absolute atomic E-state index is 9.73. The molecule has 0 spiro atoms. The molecule has 2 aromatic heterocycles. The number of hydrogen-bond donors (Lipinski definition) is 2. The summed E-state index contributed by atoms with van der Waals surface area (Å²) in [6, 6.07) is 10.6. The highest BCUT2D eigenvalue weighted by Crippen LogP contribution is 2.35. The molecule has 1 aliphatic heterocycles. The molecule has 6 nitrogen and oxygen atoms in total. The van der Waals surface area contributed by atoms with Crippen LogP contribution < -0.4 is 10.1 Å². The number of likely N-dealkylation sites (tertiary alicyclic amines) is 1. The van der Waals surface area contributed by atoms with E-state index in [9.17, 15) is 5.11 Å². The predicted octanol–water partition coefficient (Wildman–Crippen LogP) is 5.13. The van der Waals surface area contributed by atoms with E-state index in [4.69, 9.17) is 9.72 Å². The van der Waals surface area contributed by atoms with E-state index in [2.05, 4.69) is 46.4 Å². The standard InChI is InChI=1S/C24H30N4O2S/c1-4-30-23-8-7-18(11-19(23)15-29)14-28-9-5-6-22(28)21-12-20(10-16(2)26-21)27-24-25-13-17(3)31-24/h7-8,10-13,22,29H,4-6,9,14-15H2,1-3H3,(H,25,26,27)/t22-/m1/s1. The van der Waals surface area contributed by atoms with Crippen LogP contribution in [-0.2, 0) is 13.2 Å². The van der Waals surface area contributed by atoms with Crippen molar-refractivity contribution in [3.8, 4) is 5.75 Å². The molecule has 0 amide bonds. The smallest absolute Gasteiger partial charge is 0.187 e. The monoisotopic (exact) mass is 438 g/mol. The Kier molecular flexibility index (Phi) is 6.85. The molecule has 1 aromatic carbocycles. The number of nitrogens with zero attached hydrogens (tertiary/aromatic N) is 3. The van der Waals surface area contributed by atoms with Crippen LogP contribution in [0.5, 0.6) is 5.75 Å². The molecule has 2 N–H and O–H groups in total. The Labute approximate surface area is 187 Å². The number of thiazole rings is 1. The van der Waals surface area contributed by atoms with Gasteiger partial charge in [0, 0.05) is 34.6 Å². The van der Waals surface area contributed by atoms with Crippen molar-refractivity contribution in [3.05, 3.63) is 63.9 Å². The first kappa shape index (κ1) is 21.7. The van der Waals surface area contributed by atoms with Gasteiger partial charge in [-0.25, -0.2) is 4.98 Å². The Morgan fingerprint density at radius 3 is 2.87 bits per heavy atom. The molecule has 0 bridgehead atoms. The summed E-state index contributed by atoms with van der Waals surface area (Å²) in [4.78, 5) is 13.0. The number of rotatable bonds is 8. The first-order chi connectivity index (χ1) is 15.1. The zero-order valence-corrected chi connectivity index (χ0v) is 19.2. The van der Waals surface area contributed by atoms with Gasteiger partial charge in [0.25, 0.3) is 0 Å². The van der Waals surface area contributed by atoms with Gasteiger partial charge in [0.1, 0.15) is 5.75 Å². The summed E-state index contributed by atoms with van der Waals surface area (Å²) in [6.07, 6.45) is 4.13. The van der Waals surface area contributed by atoms with Gasteiger partial charge in [-0.05, 0) is 70.0 Å². The average Bonchev–Trinajstić information content (AvgIpc) is 3.37. The molecule has 0 saturated carbocycles. The minimum atomic E-state index is -0.0166. The zero-order valence-electron chi connectivity index (χ0n) is 18.4. The Morgan fingerprint density at radius 1 is 1.26 bits per heavy atom.